The third-order valence-corrected chi connectivity index (χ3v) is 4.53. The Morgan fingerprint density at radius 1 is 0.828 bits per heavy atom. The van der Waals surface area contributed by atoms with Crippen LogP contribution in [0.1, 0.15) is 34.8 Å². The summed E-state index contributed by atoms with van der Waals surface area (Å²) in [5.41, 5.74) is 2.86. The van der Waals surface area contributed by atoms with Crippen molar-refractivity contribution < 1.29 is 14.3 Å². The molecule has 4 heteroatoms. The van der Waals surface area contributed by atoms with E-state index in [0.717, 1.165) is 24.2 Å². The van der Waals surface area contributed by atoms with Crippen LogP contribution in [0.3, 0.4) is 0 Å². The topological polar surface area (TPSA) is 47.6 Å². The summed E-state index contributed by atoms with van der Waals surface area (Å²) >= 11 is 0. The molecule has 0 saturated heterocycles. The first-order valence-electron chi connectivity index (χ1n) is 10.0. The number of amides is 1. The molecule has 3 aromatic carbocycles. The van der Waals surface area contributed by atoms with Crippen LogP contribution in [0.25, 0.3) is 0 Å². The lowest BCUT2D eigenvalue weighted by atomic mass is 10.1. The van der Waals surface area contributed by atoms with E-state index in [1.54, 1.807) is 6.07 Å². The van der Waals surface area contributed by atoms with Gasteiger partial charge in [0.2, 0.25) is 0 Å². The third-order valence-electron chi connectivity index (χ3n) is 4.53. The van der Waals surface area contributed by atoms with E-state index in [2.05, 4.69) is 17.4 Å². The Kier molecular flexibility index (Phi) is 7.70. The minimum absolute atomic E-state index is 0.111. The Bertz CT molecular complexity index is 891. The number of carbonyl (C=O) groups excluding carboxylic acids is 1. The van der Waals surface area contributed by atoms with Crippen molar-refractivity contribution >= 4 is 5.91 Å². The SMILES string of the molecule is CCOc1ccc(CCCNC(=O)c2ccccc2OCc2ccccc2)cc1. The Morgan fingerprint density at radius 2 is 1.55 bits per heavy atom. The normalized spacial score (nSPS) is 10.4. The van der Waals surface area contributed by atoms with Crippen molar-refractivity contribution in [3.8, 4) is 11.5 Å². The molecular formula is C25H27NO3. The van der Waals surface area contributed by atoms with Crippen molar-refractivity contribution in [3.05, 3.63) is 95.6 Å². The smallest absolute Gasteiger partial charge is 0.255 e. The van der Waals surface area contributed by atoms with E-state index in [4.69, 9.17) is 9.47 Å². The fourth-order valence-corrected chi connectivity index (χ4v) is 3.02. The molecule has 0 atom stereocenters. The molecule has 0 bridgehead atoms. The van der Waals surface area contributed by atoms with E-state index in [9.17, 15) is 4.79 Å². The minimum atomic E-state index is -0.111. The summed E-state index contributed by atoms with van der Waals surface area (Å²) in [7, 11) is 0. The fraction of sp³-hybridized carbons (Fsp3) is 0.240. The van der Waals surface area contributed by atoms with Gasteiger partial charge in [-0.2, -0.15) is 0 Å². The molecule has 3 rings (SSSR count). The number of nitrogens with one attached hydrogen (secondary N) is 1. The summed E-state index contributed by atoms with van der Waals surface area (Å²) in [5, 5.41) is 3.00. The second-order valence-corrected chi connectivity index (χ2v) is 6.71. The van der Waals surface area contributed by atoms with Crippen LogP contribution in [0.4, 0.5) is 0 Å². The van der Waals surface area contributed by atoms with Gasteiger partial charge in [-0.25, -0.2) is 0 Å². The second-order valence-electron chi connectivity index (χ2n) is 6.71. The van der Waals surface area contributed by atoms with Crippen LogP contribution in [-0.2, 0) is 13.0 Å². The molecule has 0 aliphatic carbocycles. The van der Waals surface area contributed by atoms with Gasteiger partial charge in [-0.15, -0.1) is 0 Å². The molecule has 0 unspecified atom stereocenters. The average molecular weight is 389 g/mol. The average Bonchev–Trinajstić information content (AvgIpc) is 2.77. The van der Waals surface area contributed by atoms with Crippen LogP contribution >= 0.6 is 0 Å². The second kappa shape index (κ2) is 10.9. The molecule has 0 heterocycles. The molecule has 4 nitrogen and oxygen atoms in total. The molecular weight excluding hydrogens is 362 g/mol. The maximum atomic E-state index is 12.6. The highest BCUT2D eigenvalue weighted by atomic mass is 16.5. The lowest BCUT2D eigenvalue weighted by Gasteiger charge is -2.12. The molecule has 150 valence electrons. The zero-order chi connectivity index (χ0) is 20.3. The predicted octanol–water partition coefficient (Wildman–Crippen LogP) is 5.03. The lowest BCUT2D eigenvalue weighted by Crippen LogP contribution is -2.25. The monoisotopic (exact) mass is 389 g/mol. The molecule has 0 fully saturated rings. The van der Waals surface area contributed by atoms with Gasteiger partial charge < -0.3 is 14.8 Å². The van der Waals surface area contributed by atoms with E-state index in [0.29, 0.717) is 31.1 Å². The van der Waals surface area contributed by atoms with Crippen LogP contribution in [0.15, 0.2) is 78.9 Å². The Balaban J connectivity index is 1.48. The Labute approximate surface area is 172 Å². The number of carbonyl (C=O) groups is 1. The Hall–Kier alpha value is -3.27. The van der Waals surface area contributed by atoms with Gasteiger partial charge in [0, 0.05) is 6.54 Å². The molecule has 29 heavy (non-hydrogen) atoms. The maximum absolute atomic E-state index is 12.6. The minimum Gasteiger partial charge on any atom is -0.494 e. The van der Waals surface area contributed by atoms with Crippen molar-refractivity contribution in [2.75, 3.05) is 13.2 Å². The van der Waals surface area contributed by atoms with E-state index in [1.807, 2.05) is 67.6 Å². The third kappa shape index (κ3) is 6.39. The van der Waals surface area contributed by atoms with Crippen LogP contribution < -0.4 is 14.8 Å². The first kappa shape index (κ1) is 20.5. The maximum Gasteiger partial charge on any atom is 0.255 e. The van der Waals surface area contributed by atoms with Crippen molar-refractivity contribution in [3.63, 3.8) is 0 Å². The largest absolute Gasteiger partial charge is 0.494 e. The summed E-state index contributed by atoms with van der Waals surface area (Å²) in [5.74, 6) is 1.37. The van der Waals surface area contributed by atoms with Gasteiger partial charge in [0.05, 0.1) is 12.2 Å². The molecule has 0 radical (unpaired) electrons. The zero-order valence-electron chi connectivity index (χ0n) is 16.8. The molecule has 1 N–H and O–H groups in total. The predicted molar refractivity (Wildman–Crippen MR) is 115 cm³/mol. The van der Waals surface area contributed by atoms with E-state index < -0.39 is 0 Å². The summed E-state index contributed by atoms with van der Waals surface area (Å²) in [6.45, 7) is 3.69. The van der Waals surface area contributed by atoms with Crippen LogP contribution in [0.2, 0.25) is 0 Å². The van der Waals surface area contributed by atoms with Gasteiger partial charge in [0.1, 0.15) is 18.1 Å². The number of rotatable bonds is 10. The highest BCUT2D eigenvalue weighted by Crippen LogP contribution is 2.19. The van der Waals surface area contributed by atoms with Crippen molar-refractivity contribution in [1.29, 1.82) is 0 Å². The first-order valence-corrected chi connectivity index (χ1v) is 10.0. The van der Waals surface area contributed by atoms with Crippen molar-refractivity contribution in [1.82, 2.24) is 5.32 Å². The molecule has 0 aliphatic rings. The summed E-state index contributed by atoms with van der Waals surface area (Å²) < 4.78 is 11.3. The Morgan fingerprint density at radius 3 is 2.31 bits per heavy atom. The van der Waals surface area contributed by atoms with Gasteiger partial charge in [-0.05, 0) is 55.2 Å². The number of benzene rings is 3. The molecule has 1 amide bonds. The molecule has 0 saturated carbocycles. The zero-order valence-corrected chi connectivity index (χ0v) is 16.8. The van der Waals surface area contributed by atoms with Crippen LogP contribution in [0, 0.1) is 0 Å². The fourth-order valence-electron chi connectivity index (χ4n) is 3.02. The summed E-state index contributed by atoms with van der Waals surface area (Å²) in [6, 6.07) is 25.4. The molecule has 0 spiro atoms. The van der Waals surface area contributed by atoms with Gasteiger partial charge in [-0.1, -0.05) is 54.6 Å². The number of hydrogen-bond acceptors (Lipinski definition) is 3. The van der Waals surface area contributed by atoms with Gasteiger partial charge in [-0.3, -0.25) is 4.79 Å². The number of para-hydroxylation sites is 1. The number of ether oxygens (including phenoxy) is 2. The number of hydrogen-bond donors (Lipinski definition) is 1. The molecule has 0 aliphatic heterocycles. The van der Waals surface area contributed by atoms with E-state index in [1.165, 1.54) is 5.56 Å². The summed E-state index contributed by atoms with van der Waals surface area (Å²) in [6.07, 6.45) is 1.77. The van der Waals surface area contributed by atoms with Gasteiger partial charge >= 0.3 is 0 Å². The van der Waals surface area contributed by atoms with E-state index >= 15 is 0 Å². The van der Waals surface area contributed by atoms with Crippen LogP contribution in [0.5, 0.6) is 11.5 Å². The van der Waals surface area contributed by atoms with Crippen molar-refractivity contribution in [2.45, 2.75) is 26.4 Å². The highest BCUT2D eigenvalue weighted by Gasteiger charge is 2.11. The van der Waals surface area contributed by atoms with E-state index in [-0.39, 0.29) is 5.91 Å². The van der Waals surface area contributed by atoms with Crippen molar-refractivity contribution in [2.24, 2.45) is 0 Å². The standard InChI is InChI=1S/C25H27NO3/c1-2-28-22-16-14-20(15-17-22)11-8-18-26-25(27)23-12-6-7-13-24(23)29-19-21-9-4-3-5-10-21/h3-7,9-10,12-17H,2,8,11,18-19H2,1H3,(H,26,27). The summed E-state index contributed by atoms with van der Waals surface area (Å²) in [4.78, 5) is 12.6. The van der Waals surface area contributed by atoms with Gasteiger partial charge in [0.15, 0.2) is 0 Å². The van der Waals surface area contributed by atoms with Gasteiger partial charge in [0.25, 0.3) is 5.91 Å². The lowest BCUT2D eigenvalue weighted by molar-refractivity contribution is 0.0948. The molecule has 0 aromatic heterocycles. The highest BCUT2D eigenvalue weighted by molar-refractivity contribution is 5.96. The molecule has 3 aromatic rings. The quantitative estimate of drug-likeness (QED) is 0.495. The van der Waals surface area contributed by atoms with Crippen LogP contribution in [-0.4, -0.2) is 19.1 Å². The number of aryl methyl sites for hydroxylation is 1. The first-order chi connectivity index (χ1) is 14.3.